The normalized spacial score (nSPS) is 19.7. The van der Waals surface area contributed by atoms with Crippen molar-refractivity contribution >= 4 is 11.9 Å². The third-order valence-electron chi connectivity index (χ3n) is 3.43. The van der Waals surface area contributed by atoms with Gasteiger partial charge in [0.25, 0.3) is 5.91 Å². The minimum atomic E-state index is -1.24. The first-order chi connectivity index (χ1) is 9.65. The van der Waals surface area contributed by atoms with Gasteiger partial charge >= 0.3 is 5.97 Å². The van der Waals surface area contributed by atoms with Gasteiger partial charge in [0.2, 0.25) is 0 Å². The van der Waals surface area contributed by atoms with Crippen LogP contribution in [-0.2, 0) is 14.3 Å². The molecular formula is C14H19N3O3. The lowest BCUT2D eigenvalue weighted by atomic mass is 10.1. The van der Waals surface area contributed by atoms with Crippen LogP contribution in [-0.4, -0.2) is 41.0 Å². The number of esters is 1. The first kappa shape index (κ1) is 14.5. The number of pyridine rings is 1. The van der Waals surface area contributed by atoms with Gasteiger partial charge in [0.05, 0.1) is 12.6 Å². The molecule has 2 unspecified atom stereocenters. The number of hydrogen-bond acceptors (Lipinski definition) is 5. The van der Waals surface area contributed by atoms with E-state index in [1.807, 2.05) is 12.1 Å². The molecule has 0 aliphatic carbocycles. The Morgan fingerprint density at radius 2 is 2.20 bits per heavy atom. The smallest absolute Gasteiger partial charge is 0.332 e. The Kier molecular flexibility index (Phi) is 4.68. The molecule has 2 atom stereocenters. The molecule has 1 amide bonds. The van der Waals surface area contributed by atoms with Crippen molar-refractivity contribution in [3.8, 4) is 0 Å². The number of aromatic nitrogens is 1. The summed E-state index contributed by atoms with van der Waals surface area (Å²) in [6.07, 6.45) is 5.16. The van der Waals surface area contributed by atoms with Crippen molar-refractivity contribution < 1.29 is 14.3 Å². The first-order valence-corrected chi connectivity index (χ1v) is 6.77. The predicted octanol–water partition coefficient (Wildman–Crippen LogP) is 0.635. The Bertz CT molecular complexity index is 478. The van der Waals surface area contributed by atoms with Crippen LogP contribution >= 0.6 is 0 Å². The number of likely N-dealkylation sites (tertiary alicyclic amines) is 1. The summed E-state index contributed by atoms with van der Waals surface area (Å²) < 4.78 is 4.80. The van der Waals surface area contributed by atoms with Crippen LogP contribution in [0.5, 0.6) is 0 Å². The number of nitrogens with zero attached hydrogens (tertiary/aromatic N) is 2. The standard InChI is InChI=1S/C14H19N3O3/c1-2-20-14(19)12(15)13(18)17-9-3-4-11(17)10-5-7-16-8-6-10/h5-8,11-12H,2-4,9,15H2,1H3. The van der Waals surface area contributed by atoms with Crippen LogP contribution in [0.4, 0.5) is 0 Å². The molecule has 1 aliphatic heterocycles. The van der Waals surface area contributed by atoms with E-state index in [-0.39, 0.29) is 18.6 Å². The van der Waals surface area contributed by atoms with Crippen molar-refractivity contribution in [2.45, 2.75) is 31.8 Å². The number of carbonyl (C=O) groups excluding carboxylic acids is 2. The fourth-order valence-corrected chi connectivity index (χ4v) is 2.47. The quantitative estimate of drug-likeness (QED) is 0.644. The fourth-order valence-electron chi connectivity index (χ4n) is 2.47. The molecule has 1 saturated heterocycles. The van der Waals surface area contributed by atoms with E-state index in [1.54, 1.807) is 24.2 Å². The zero-order valence-electron chi connectivity index (χ0n) is 11.5. The zero-order valence-corrected chi connectivity index (χ0v) is 11.5. The molecule has 2 N–H and O–H groups in total. The third-order valence-corrected chi connectivity index (χ3v) is 3.43. The van der Waals surface area contributed by atoms with Gasteiger partial charge < -0.3 is 15.4 Å². The van der Waals surface area contributed by atoms with Gasteiger partial charge in [0.1, 0.15) is 0 Å². The van der Waals surface area contributed by atoms with Crippen molar-refractivity contribution in [1.82, 2.24) is 9.88 Å². The van der Waals surface area contributed by atoms with Gasteiger partial charge in [-0.15, -0.1) is 0 Å². The molecule has 0 saturated carbocycles. The second-order valence-corrected chi connectivity index (χ2v) is 4.70. The molecule has 1 fully saturated rings. The van der Waals surface area contributed by atoms with Crippen molar-refractivity contribution in [3.63, 3.8) is 0 Å². The lowest BCUT2D eigenvalue weighted by Crippen LogP contribution is -2.48. The summed E-state index contributed by atoms with van der Waals surface area (Å²) >= 11 is 0. The molecule has 1 aromatic rings. The Hall–Kier alpha value is -1.95. The zero-order chi connectivity index (χ0) is 14.5. The number of rotatable bonds is 4. The van der Waals surface area contributed by atoms with Gasteiger partial charge in [-0.1, -0.05) is 0 Å². The second-order valence-electron chi connectivity index (χ2n) is 4.70. The molecule has 6 heteroatoms. The average molecular weight is 277 g/mol. The van der Waals surface area contributed by atoms with Crippen LogP contribution in [0.3, 0.4) is 0 Å². The molecule has 108 valence electrons. The van der Waals surface area contributed by atoms with Crippen LogP contribution in [0.1, 0.15) is 31.4 Å². The van der Waals surface area contributed by atoms with E-state index in [9.17, 15) is 9.59 Å². The minimum absolute atomic E-state index is 0.0361. The van der Waals surface area contributed by atoms with Crippen LogP contribution in [0.2, 0.25) is 0 Å². The maximum Gasteiger partial charge on any atom is 0.332 e. The SMILES string of the molecule is CCOC(=O)C(N)C(=O)N1CCCC1c1ccncc1. The number of amides is 1. The van der Waals surface area contributed by atoms with E-state index in [0.717, 1.165) is 18.4 Å². The topological polar surface area (TPSA) is 85.5 Å². The largest absolute Gasteiger partial charge is 0.464 e. The van der Waals surface area contributed by atoms with E-state index in [2.05, 4.69) is 4.98 Å². The Morgan fingerprint density at radius 1 is 1.50 bits per heavy atom. The first-order valence-electron chi connectivity index (χ1n) is 6.77. The molecule has 2 heterocycles. The van der Waals surface area contributed by atoms with Gasteiger partial charge in [-0.05, 0) is 37.5 Å². The lowest BCUT2D eigenvalue weighted by Gasteiger charge is -2.26. The van der Waals surface area contributed by atoms with Crippen LogP contribution in [0, 0.1) is 0 Å². The molecular weight excluding hydrogens is 258 g/mol. The van der Waals surface area contributed by atoms with Crippen LogP contribution in [0.25, 0.3) is 0 Å². The highest BCUT2D eigenvalue weighted by molar-refractivity contribution is 6.01. The average Bonchev–Trinajstić information content (AvgIpc) is 2.96. The molecule has 6 nitrogen and oxygen atoms in total. The molecule has 1 aliphatic rings. The third kappa shape index (κ3) is 2.96. The fraction of sp³-hybridized carbons (Fsp3) is 0.500. The van der Waals surface area contributed by atoms with Gasteiger partial charge in [-0.3, -0.25) is 9.78 Å². The molecule has 0 aromatic carbocycles. The summed E-state index contributed by atoms with van der Waals surface area (Å²) in [5.74, 6) is -1.04. The van der Waals surface area contributed by atoms with Crippen LogP contribution < -0.4 is 5.73 Å². The van der Waals surface area contributed by atoms with Gasteiger partial charge in [-0.2, -0.15) is 0 Å². The van der Waals surface area contributed by atoms with Crippen molar-refractivity contribution in [2.24, 2.45) is 5.73 Å². The maximum absolute atomic E-state index is 12.3. The Balaban J connectivity index is 2.11. The van der Waals surface area contributed by atoms with Gasteiger partial charge in [0.15, 0.2) is 6.04 Å². The van der Waals surface area contributed by atoms with E-state index in [1.165, 1.54) is 0 Å². The molecule has 0 spiro atoms. The van der Waals surface area contributed by atoms with E-state index in [4.69, 9.17) is 10.5 Å². The molecule has 0 radical (unpaired) electrons. The summed E-state index contributed by atoms with van der Waals surface area (Å²) in [7, 11) is 0. The van der Waals surface area contributed by atoms with Crippen molar-refractivity contribution in [2.75, 3.05) is 13.2 Å². The highest BCUT2D eigenvalue weighted by Crippen LogP contribution is 2.31. The predicted molar refractivity (Wildman–Crippen MR) is 72.5 cm³/mol. The highest BCUT2D eigenvalue weighted by atomic mass is 16.5. The summed E-state index contributed by atoms with van der Waals surface area (Å²) in [5.41, 5.74) is 6.70. The maximum atomic E-state index is 12.3. The van der Waals surface area contributed by atoms with Crippen LogP contribution in [0.15, 0.2) is 24.5 Å². The molecule has 1 aromatic heterocycles. The molecule has 2 rings (SSSR count). The second kappa shape index (κ2) is 6.47. The lowest BCUT2D eigenvalue weighted by molar-refractivity contribution is -0.151. The summed E-state index contributed by atoms with van der Waals surface area (Å²) in [5, 5.41) is 0. The van der Waals surface area contributed by atoms with Gasteiger partial charge in [0, 0.05) is 18.9 Å². The highest BCUT2D eigenvalue weighted by Gasteiger charge is 2.35. The number of hydrogen-bond donors (Lipinski definition) is 1. The van der Waals surface area contributed by atoms with Gasteiger partial charge in [-0.25, -0.2) is 4.79 Å². The van der Waals surface area contributed by atoms with E-state index >= 15 is 0 Å². The Morgan fingerprint density at radius 3 is 2.85 bits per heavy atom. The van der Waals surface area contributed by atoms with Crippen molar-refractivity contribution in [1.29, 1.82) is 0 Å². The van der Waals surface area contributed by atoms with E-state index < -0.39 is 12.0 Å². The summed E-state index contributed by atoms with van der Waals surface area (Å²) in [6.45, 7) is 2.51. The minimum Gasteiger partial charge on any atom is -0.464 e. The Labute approximate surface area is 117 Å². The summed E-state index contributed by atoms with van der Waals surface area (Å²) in [6, 6.07) is 2.49. The summed E-state index contributed by atoms with van der Waals surface area (Å²) in [4.78, 5) is 29.5. The molecule has 20 heavy (non-hydrogen) atoms. The monoisotopic (exact) mass is 277 g/mol. The molecule has 0 bridgehead atoms. The van der Waals surface area contributed by atoms with E-state index in [0.29, 0.717) is 6.54 Å². The number of carbonyl (C=O) groups is 2. The number of ether oxygens (including phenoxy) is 1. The van der Waals surface area contributed by atoms with Crippen molar-refractivity contribution in [3.05, 3.63) is 30.1 Å². The number of nitrogens with two attached hydrogens (primary N) is 1.